The standard InChI is InChI=1S/C16H19FN2O2/c1-10-7-16(9-19(10)2)8-13(20)18-15(21)14(16)11-4-3-5-12(17)6-11/h3-6,10,14H,7-9H2,1-2H3,(H,18,20,21). The summed E-state index contributed by atoms with van der Waals surface area (Å²) in [6, 6.07) is 6.47. The molecule has 1 spiro atoms. The molecule has 4 nitrogen and oxygen atoms in total. The number of piperidine rings is 1. The van der Waals surface area contributed by atoms with E-state index in [0.717, 1.165) is 6.42 Å². The van der Waals surface area contributed by atoms with Crippen molar-refractivity contribution in [2.75, 3.05) is 13.6 Å². The third-order valence-electron chi connectivity index (χ3n) is 4.85. The molecule has 21 heavy (non-hydrogen) atoms. The van der Waals surface area contributed by atoms with E-state index < -0.39 is 11.3 Å². The fourth-order valence-corrected chi connectivity index (χ4v) is 3.94. The Morgan fingerprint density at radius 3 is 2.76 bits per heavy atom. The molecule has 0 radical (unpaired) electrons. The zero-order chi connectivity index (χ0) is 15.2. The zero-order valence-electron chi connectivity index (χ0n) is 12.2. The van der Waals surface area contributed by atoms with Crippen LogP contribution in [0.1, 0.15) is 31.2 Å². The van der Waals surface area contributed by atoms with Gasteiger partial charge in [-0.05, 0) is 38.1 Å². The Labute approximate surface area is 123 Å². The van der Waals surface area contributed by atoms with Gasteiger partial charge in [0.2, 0.25) is 11.8 Å². The monoisotopic (exact) mass is 290 g/mol. The number of nitrogens with one attached hydrogen (secondary N) is 1. The van der Waals surface area contributed by atoms with Crippen LogP contribution in [0.5, 0.6) is 0 Å². The van der Waals surface area contributed by atoms with Gasteiger partial charge in [-0.15, -0.1) is 0 Å². The van der Waals surface area contributed by atoms with Crippen LogP contribution in [0.3, 0.4) is 0 Å². The molecule has 1 N–H and O–H groups in total. The van der Waals surface area contributed by atoms with E-state index in [-0.39, 0.29) is 17.6 Å². The summed E-state index contributed by atoms with van der Waals surface area (Å²) in [4.78, 5) is 26.5. The summed E-state index contributed by atoms with van der Waals surface area (Å²) >= 11 is 0. The van der Waals surface area contributed by atoms with Crippen molar-refractivity contribution in [1.82, 2.24) is 10.2 Å². The van der Waals surface area contributed by atoms with E-state index in [2.05, 4.69) is 17.1 Å². The van der Waals surface area contributed by atoms with Crippen LogP contribution in [0.4, 0.5) is 4.39 Å². The summed E-state index contributed by atoms with van der Waals surface area (Å²) in [5.74, 6) is -1.36. The number of carbonyl (C=O) groups is 2. The smallest absolute Gasteiger partial charge is 0.234 e. The van der Waals surface area contributed by atoms with E-state index in [1.54, 1.807) is 12.1 Å². The second-order valence-corrected chi connectivity index (χ2v) is 6.41. The van der Waals surface area contributed by atoms with Crippen LogP contribution >= 0.6 is 0 Å². The van der Waals surface area contributed by atoms with E-state index in [4.69, 9.17) is 0 Å². The first-order valence-electron chi connectivity index (χ1n) is 7.21. The van der Waals surface area contributed by atoms with E-state index in [9.17, 15) is 14.0 Å². The van der Waals surface area contributed by atoms with Gasteiger partial charge in [0.25, 0.3) is 0 Å². The maximum atomic E-state index is 13.5. The van der Waals surface area contributed by atoms with Crippen molar-refractivity contribution in [2.24, 2.45) is 5.41 Å². The second-order valence-electron chi connectivity index (χ2n) is 6.41. The number of nitrogens with zero attached hydrogens (tertiary/aromatic N) is 1. The van der Waals surface area contributed by atoms with Gasteiger partial charge in [0.1, 0.15) is 5.82 Å². The molecule has 0 aromatic heterocycles. The molecule has 2 fully saturated rings. The lowest BCUT2D eigenvalue weighted by molar-refractivity contribution is -0.139. The quantitative estimate of drug-likeness (QED) is 0.800. The molecule has 2 saturated heterocycles. The van der Waals surface area contributed by atoms with Crippen LogP contribution in [0.2, 0.25) is 0 Å². The third-order valence-corrected chi connectivity index (χ3v) is 4.85. The van der Waals surface area contributed by atoms with Gasteiger partial charge in [-0.25, -0.2) is 4.39 Å². The summed E-state index contributed by atoms with van der Waals surface area (Å²) < 4.78 is 13.5. The fraction of sp³-hybridized carbons (Fsp3) is 0.500. The molecular formula is C16H19FN2O2. The van der Waals surface area contributed by atoms with Crippen molar-refractivity contribution < 1.29 is 14.0 Å². The molecule has 3 rings (SSSR count). The Morgan fingerprint density at radius 1 is 1.38 bits per heavy atom. The van der Waals surface area contributed by atoms with E-state index >= 15 is 0 Å². The molecule has 1 aromatic carbocycles. The number of hydrogen-bond donors (Lipinski definition) is 1. The molecule has 2 aliphatic rings. The van der Waals surface area contributed by atoms with Gasteiger partial charge in [-0.2, -0.15) is 0 Å². The van der Waals surface area contributed by atoms with Crippen LogP contribution in [0.25, 0.3) is 0 Å². The molecule has 3 atom stereocenters. The van der Waals surface area contributed by atoms with E-state index in [0.29, 0.717) is 24.6 Å². The van der Waals surface area contributed by atoms with Crippen LogP contribution in [0, 0.1) is 11.2 Å². The highest BCUT2D eigenvalue weighted by Crippen LogP contribution is 2.50. The minimum absolute atomic E-state index is 0.227. The Balaban J connectivity index is 2.06. The molecule has 0 aliphatic carbocycles. The van der Waals surface area contributed by atoms with Gasteiger partial charge in [0.05, 0.1) is 5.92 Å². The number of imide groups is 1. The number of likely N-dealkylation sites (tertiary alicyclic amines) is 1. The Hall–Kier alpha value is -1.75. The number of amides is 2. The lowest BCUT2D eigenvalue weighted by atomic mass is 9.66. The predicted molar refractivity (Wildman–Crippen MR) is 76.0 cm³/mol. The average Bonchev–Trinajstić information content (AvgIpc) is 2.63. The summed E-state index contributed by atoms with van der Waals surface area (Å²) in [7, 11) is 2.00. The van der Waals surface area contributed by atoms with Crippen LogP contribution in [-0.2, 0) is 9.59 Å². The first-order chi connectivity index (χ1) is 9.91. The first-order valence-corrected chi connectivity index (χ1v) is 7.21. The maximum absolute atomic E-state index is 13.5. The SMILES string of the molecule is CC1CC2(CC(=O)NC(=O)C2c2cccc(F)c2)CN1C. The Kier molecular flexibility index (Phi) is 3.32. The molecule has 5 heteroatoms. The van der Waals surface area contributed by atoms with Crippen molar-refractivity contribution in [1.29, 1.82) is 0 Å². The highest BCUT2D eigenvalue weighted by Gasteiger charge is 2.53. The van der Waals surface area contributed by atoms with E-state index in [1.807, 2.05) is 7.05 Å². The van der Waals surface area contributed by atoms with E-state index in [1.165, 1.54) is 12.1 Å². The molecule has 1 aromatic rings. The summed E-state index contributed by atoms with van der Waals surface area (Å²) in [5, 5.41) is 2.41. The number of carbonyl (C=O) groups excluding carboxylic acids is 2. The van der Waals surface area contributed by atoms with Crippen molar-refractivity contribution in [3.63, 3.8) is 0 Å². The van der Waals surface area contributed by atoms with Gasteiger partial charge in [-0.3, -0.25) is 14.9 Å². The Bertz CT molecular complexity index is 592. The molecule has 3 unspecified atom stereocenters. The maximum Gasteiger partial charge on any atom is 0.234 e. The molecule has 0 saturated carbocycles. The average molecular weight is 290 g/mol. The summed E-state index contributed by atoms with van der Waals surface area (Å²) in [5.41, 5.74) is 0.226. The fourth-order valence-electron chi connectivity index (χ4n) is 3.94. The lowest BCUT2D eigenvalue weighted by Crippen LogP contribution is -2.51. The van der Waals surface area contributed by atoms with Crippen LogP contribution in [-0.4, -0.2) is 36.3 Å². The first kappa shape index (κ1) is 14.2. The number of hydrogen-bond acceptors (Lipinski definition) is 3. The largest absolute Gasteiger partial charge is 0.303 e. The van der Waals surface area contributed by atoms with Crippen molar-refractivity contribution in [3.8, 4) is 0 Å². The lowest BCUT2D eigenvalue weighted by Gasteiger charge is -2.39. The van der Waals surface area contributed by atoms with Gasteiger partial charge < -0.3 is 4.90 Å². The molecule has 0 bridgehead atoms. The third kappa shape index (κ3) is 2.35. The van der Waals surface area contributed by atoms with Crippen LogP contribution < -0.4 is 5.32 Å². The molecule has 2 amide bonds. The highest BCUT2D eigenvalue weighted by atomic mass is 19.1. The molecule has 112 valence electrons. The second kappa shape index (κ2) is 4.91. The zero-order valence-corrected chi connectivity index (χ0v) is 12.2. The Morgan fingerprint density at radius 2 is 2.14 bits per heavy atom. The van der Waals surface area contributed by atoms with Gasteiger partial charge in [0, 0.05) is 24.4 Å². The molecular weight excluding hydrogens is 271 g/mol. The van der Waals surface area contributed by atoms with Crippen LogP contribution in [0.15, 0.2) is 24.3 Å². The topological polar surface area (TPSA) is 49.4 Å². The number of rotatable bonds is 1. The van der Waals surface area contributed by atoms with Gasteiger partial charge in [-0.1, -0.05) is 12.1 Å². The predicted octanol–water partition coefficient (Wildman–Crippen LogP) is 1.67. The highest BCUT2D eigenvalue weighted by molar-refractivity contribution is 6.02. The molecule has 2 heterocycles. The van der Waals surface area contributed by atoms with Crippen molar-refractivity contribution >= 4 is 11.8 Å². The number of benzene rings is 1. The minimum Gasteiger partial charge on any atom is -0.303 e. The summed E-state index contributed by atoms with van der Waals surface area (Å²) in [6.45, 7) is 2.77. The summed E-state index contributed by atoms with van der Waals surface area (Å²) in [6.07, 6.45) is 1.08. The molecule has 2 aliphatic heterocycles. The normalized spacial score (nSPS) is 33.5. The minimum atomic E-state index is -0.474. The van der Waals surface area contributed by atoms with Gasteiger partial charge in [0.15, 0.2) is 0 Å². The van der Waals surface area contributed by atoms with Crippen molar-refractivity contribution in [2.45, 2.75) is 31.7 Å². The van der Waals surface area contributed by atoms with Gasteiger partial charge >= 0.3 is 0 Å². The number of halogens is 1. The van der Waals surface area contributed by atoms with Crippen molar-refractivity contribution in [3.05, 3.63) is 35.6 Å².